The molecule has 1 aromatic carbocycles. The smallest absolute Gasteiger partial charge is 0.251 e. The van der Waals surface area contributed by atoms with E-state index in [-0.39, 0.29) is 23.7 Å². The largest absolute Gasteiger partial charge is 0.356 e. The number of hydrogen-bond donors (Lipinski definition) is 1. The van der Waals surface area contributed by atoms with Gasteiger partial charge in [-0.3, -0.25) is 9.59 Å². The molecule has 1 fully saturated rings. The van der Waals surface area contributed by atoms with Crippen LogP contribution in [0.1, 0.15) is 41.3 Å². The Hall–Kier alpha value is -2.89. The van der Waals surface area contributed by atoms with Crippen molar-refractivity contribution in [1.82, 2.24) is 14.5 Å². The van der Waals surface area contributed by atoms with Crippen molar-refractivity contribution in [2.45, 2.75) is 45.2 Å². The first-order chi connectivity index (χ1) is 13.5. The summed E-state index contributed by atoms with van der Waals surface area (Å²) in [6.45, 7) is 3.01. The van der Waals surface area contributed by atoms with Crippen LogP contribution in [0.4, 0.5) is 4.39 Å². The zero-order valence-electron chi connectivity index (χ0n) is 15.8. The molecule has 0 unspecified atom stereocenters. The average Bonchev–Trinajstić information content (AvgIpc) is 3.47. The molecule has 3 aromatic rings. The summed E-state index contributed by atoms with van der Waals surface area (Å²) < 4.78 is 15.8. The number of carbonyl (C=O) groups excluding carboxylic acids is 1. The summed E-state index contributed by atoms with van der Waals surface area (Å²) in [4.78, 5) is 30.2. The summed E-state index contributed by atoms with van der Waals surface area (Å²) in [5, 5.41) is 0.769. The highest BCUT2D eigenvalue weighted by atomic mass is 19.1. The first-order valence-corrected chi connectivity index (χ1v) is 9.78. The van der Waals surface area contributed by atoms with Crippen LogP contribution in [-0.4, -0.2) is 26.9 Å². The topological polar surface area (TPSA) is 58.1 Å². The summed E-state index contributed by atoms with van der Waals surface area (Å²) in [6.07, 6.45) is 4.99. The fourth-order valence-electron chi connectivity index (χ4n) is 4.26. The van der Waals surface area contributed by atoms with Gasteiger partial charge in [0.15, 0.2) is 0 Å². The van der Waals surface area contributed by atoms with Gasteiger partial charge in [0, 0.05) is 42.5 Å². The molecular weight excluding hydrogens is 357 g/mol. The molecule has 28 heavy (non-hydrogen) atoms. The lowest BCUT2D eigenvalue weighted by Gasteiger charge is -2.29. The highest BCUT2D eigenvalue weighted by molar-refractivity contribution is 5.90. The molecule has 6 heteroatoms. The van der Waals surface area contributed by atoms with Crippen LogP contribution in [0.25, 0.3) is 10.9 Å². The molecule has 1 saturated carbocycles. The molecule has 1 aliphatic carbocycles. The highest BCUT2D eigenvalue weighted by Gasteiger charge is 2.28. The third-order valence-electron chi connectivity index (χ3n) is 6.00. The van der Waals surface area contributed by atoms with Crippen LogP contribution in [0.2, 0.25) is 0 Å². The average molecular weight is 379 g/mol. The molecule has 0 bridgehead atoms. The Balaban J connectivity index is 1.40. The van der Waals surface area contributed by atoms with E-state index in [0.717, 1.165) is 40.6 Å². The molecule has 0 atom stereocenters. The molecule has 2 aromatic heterocycles. The van der Waals surface area contributed by atoms with Gasteiger partial charge in [-0.05, 0) is 48.9 Å². The first kappa shape index (κ1) is 17.2. The first-order valence-electron chi connectivity index (χ1n) is 9.78. The number of pyridine rings is 1. The number of nitrogens with one attached hydrogen (secondary N) is 1. The van der Waals surface area contributed by atoms with E-state index in [1.54, 1.807) is 12.1 Å². The number of para-hydroxylation sites is 1. The molecule has 1 N–H and O–H groups in total. The van der Waals surface area contributed by atoms with Gasteiger partial charge in [0.1, 0.15) is 5.82 Å². The van der Waals surface area contributed by atoms with E-state index >= 15 is 0 Å². The van der Waals surface area contributed by atoms with Crippen molar-refractivity contribution < 1.29 is 9.18 Å². The van der Waals surface area contributed by atoms with Crippen molar-refractivity contribution in [3.63, 3.8) is 0 Å². The number of rotatable bonds is 3. The second-order valence-electron chi connectivity index (χ2n) is 7.93. The molecule has 2 aliphatic rings. The van der Waals surface area contributed by atoms with E-state index in [1.807, 2.05) is 28.7 Å². The van der Waals surface area contributed by atoms with Crippen LogP contribution in [0.5, 0.6) is 0 Å². The molecule has 5 rings (SSSR count). The van der Waals surface area contributed by atoms with Crippen LogP contribution in [0.3, 0.4) is 0 Å². The number of aromatic nitrogens is 2. The number of carbonyl (C=O) groups is 1. The predicted octanol–water partition coefficient (Wildman–Crippen LogP) is 3.24. The molecule has 5 nitrogen and oxygen atoms in total. The van der Waals surface area contributed by atoms with Gasteiger partial charge in [-0.1, -0.05) is 12.1 Å². The van der Waals surface area contributed by atoms with Gasteiger partial charge in [-0.15, -0.1) is 0 Å². The Labute approximate surface area is 161 Å². The fraction of sp³-hybridized carbons (Fsp3) is 0.364. The number of aromatic amines is 1. The van der Waals surface area contributed by atoms with Crippen LogP contribution in [0, 0.1) is 12.7 Å². The molecule has 1 amide bonds. The minimum atomic E-state index is -0.302. The van der Waals surface area contributed by atoms with Gasteiger partial charge in [-0.2, -0.15) is 0 Å². The number of benzene rings is 1. The second kappa shape index (κ2) is 6.33. The van der Waals surface area contributed by atoms with Crippen molar-refractivity contribution in [2.75, 3.05) is 6.54 Å². The number of halogens is 1. The molecule has 0 saturated heterocycles. The Morgan fingerprint density at radius 3 is 2.89 bits per heavy atom. The van der Waals surface area contributed by atoms with Crippen LogP contribution in [0.15, 0.2) is 35.3 Å². The number of hydrogen-bond acceptors (Lipinski definition) is 2. The van der Waals surface area contributed by atoms with Crippen LogP contribution < -0.4 is 5.56 Å². The predicted molar refractivity (Wildman–Crippen MR) is 105 cm³/mol. The van der Waals surface area contributed by atoms with Crippen molar-refractivity contribution in [1.29, 1.82) is 0 Å². The SMILES string of the molecule is Cc1[nH]c2c(F)cccc2c1CC(=O)N1CCc2cc(=O)n(C3CC3)cc2C1. The van der Waals surface area contributed by atoms with E-state index in [9.17, 15) is 14.0 Å². The molecule has 3 heterocycles. The molecule has 144 valence electrons. The lowest BCUT2D eigenvalue weighted by molar-refractivity contribution is -0.131. The number of aryl methyl sites for hydroxylation is 1. The van der Waals surface area contributed by atoms with Crippen molar-refractivity contribution >= 4 is 16.8 Å². The van der Waals surface area contributed by atoms with E-state index < -0.39 is 0 Å². The van der Waals surface area contributed by atoms with Crippen molar-refractivity contribution in [3.8, 4) is 0 Å². The quantitative estimate of drug-likeness (QED) is 0.760. The zero-order valence-corrected chi connectivity index (χ0v) is 15.8. The molecule has 0 spiro atoms. The zero-order chi connectivity index (χ0) is 19.4. The number of H-pyrrole nitrogens is 1. The van der Waals surface area contributed by atoms with Gasteiger partial charge in [0.05, 0.1) is 11.9 Å². The van der Waals surface area contributed by atoms with Gasteiger partial charge < -0.3 is 14.5 Å². The van der Waals surface area contributed by atoms with E-state index in [1.165, 1.54) is 6.07 Å². The van der Waals surface area contributed by atoms with Gasteiger partial charge in [-0.25, -0.2) is 4.39 Å². The lowest BCUT2D eigenvalue weighted by atomic mass is 10.0. The summed E-state index contributed by atoms with van der Waals surface area (Å²) >= 11 is 0. The van der Waals surface area contributed by atoms with Crippen LogP contribution in [-0.2, 0) is 24.2 Å². The molecule has 0 radical (unpaired) electrons. The fourth-order valence-corrected chi connectivity index (χ4v) is 4.26. The minimum Gasteiger partial charge on any atom is -0.356 e. The Bertz CT molecular complexity index is 1160. The summed E-state index contributed by atoms with van der Waals surface area (Å²) in [5.74, 6) is -0.271. The third kappa shape index (κ3) is 2.84. The number of amides is 1. The standard InChI is InChI=1S/C22H22FN3O2/c1-13-18(17-3-2-4-19(23)22(17)24-13)10-20(27)25-8-7-14-9-21(28)26(16-5-6-16)12-15(14)11-25/h2-4,9,12,16,24H,5-8,10-11H2,1H3. The summed E-state index contributed by atoms with van der Waals surface area (Å²) in [6, 6.07) is 7.01. The lowest BCUT2D eigenvalue weighted by Crippen LogP contribution is -2.38. The van der Waals surface area contributed by atoms with E-state index in [2.05, 4.69) is 4.98 Å². The van der Waals surface area contributed by atoms with Gasteiger partial charge >= 0.3 is 0 Å². The Morgan fingerprint density at radius 2 is 2.11 bits per heavy atom. The highest BCUT2D eigenvalue weighted by Crippen LogP contribution is 2.34. The number of nitrogens with zero attached hydrogens (tertiary/aromatic N) is 2. The maximum Gasteiger partial charge on any atom is 0.251 e. The number of fused-ring (bicyclic) bond motifs is 2. The van der Waals surface area contributed by atoms with Crippen molar-refractivity contribution in [3.05, 3.63) is 69.0 Å². The summed E-state index contributed by atoms with van der Waals surface area (Å²) in [7, 11) is 0. The van der Waals surface area contributed by atoms with Crippen molar-refractivity contribution in [2.24, 2.45) is 0 Å². The monoisotopic (exact) mass is 379 g/mol. The Morgan fingerprint density at radius 1 is 1.29 bits per heavy atom. The minimum absolute atomic E-state index is 0.0306. The Kier molecular flexibility index (Phi) is 3.89. The van der Waals surface area contributed by atoms with Gasteiger partial charge in [0.25, 0.3) is 5.56 Å². The van der Waals surface area contributed by atoms with E-state index in [4.69, 9.17) is 0 Å². The maximum absolute atomic E-state index is 14.0. The second-order valence-corrected chi connectivity index (χ2v) is 7.93. The third-order valence-corrected chi connectivity index (χ3v) is 6.00. The van der Waals surface area contributed by atoms with Gasteiger partial charge in [0.2, 0.25) is 5.91 Å². The molecular formula is C22H22FN3O2. The normalized spacial score (nSPS) is 16.4. The molecule has 1 aliphatic heterocycles. The van der Waals surface area contributed by atoms with Crippen LogP contribution >= 0.6 is 0 Å². The van der Waals surface area contributed by atoms with E-state index in [0.29, 0.717) is 31.1 Å². The maximum atomic E-state index is 14.0. The summed E-state index contributed by atoms with van der Waals surface area (Å²) in [5.41, 5.74) is 4.32.